The zero-order chi connectivity index (χ0) is 20.4. The van der Waals surface area contributed by atoms with Crippen molar-refractivity contribution in [3.05, 3.63) is 0 Å². The van der Waals surface area contributed by atoms with Gasteiger partial charge in [-0.1, -0.05) is 0 Å². The van der Waals surface area contributed by atoms with E-state index in [1.54, 1.807) is 7.05 Å². The van der Waals surface area contributed by atoms with Crippen molar-refractivity contribution in [1.29, 1.82) is 0 Å². The van der Waals surface area contributed by atoms with Crippen molar-refractivity contribution in [1.82, 2.24) is 10.6 Å². The molecule has 2 fully saturated rings. The average Bonchev–Trinajstić information content (AvgIpc) is 2.58. The van der Waals surface area contributed by atoms with Gasteiger partial charge in [-0.2, -0.15) is 0 Å². The lowest BCUT2D eigenvalue weighted by Crippen LogP contribution is -2.67. The maximum atomic E-state index is 12.0. The molecular formula is C16H32N4O7. The monoisotopic (exact) mass is 392 g/mol. The fourth-order valence-corrected chi connectivity index (χ4v) is 3.70. The molecule has 2 aliphatic rings. The molecular weight excluding hydrogens is 360 g/mol. The van der Waals surface area contributed by atoms with Crippen molar-refractivity contribution < 1.29 is 34.7 Å². The van der Waals surface area contributed by atoms with Crippen molar-refractivity contribution in [3.8, 4) is 0 Å². The molecule has 0 spiro atoms. The fourth-order valence-electron chi connectivity index (χ4n) is 3.70. The Balaban J connectivity index is 2.11. The maximum absolute atomic E-state index is 12.0. The Morgan fingerprint density at radius 1 is 1.41 bits per heavy atom. The first-order valence-electron chi connectivity index (χ1n) is 9.07. The number of aliphatic hydroxyl groups is 4. The Morgan fingerprint density at radius 2 is 2.07 bits per heavy atom. The van der Waals surface area contributed by atoms with Crippen molar-refractivity contribution in [2.75, 3.05) is 20.2 Å². The number of likely N-dealkylation sites (N-methyl/N-ethyl adjacent to an activating group) is 1. The lowest BCUT2D eigenvalue weighted by Gasteiger charge is -2.46. The van der Waals surface area contributed by atoms with Crippen LogP contribution < -0.4 is 22.1 Å². The second kappa shape index (κ2) is 9.07. The van der Waals surface area contributed by atoms with Crippen molar-refractivity contribution in [2.45, 2.75) is 74.2 Å². The van der Waals surface area contributed by atoms with E-state index in [-0.39, 0.29) is 25.6 Å². The Hall–Kier alpha value is -0.890. The quantitative estimate of drug-likeness (QED) is 0.219. The van der Waals surface area contributed by atoms with E-state index >= 15 is 0 Å². The summed E-state index contributed by atoms with van der Waals surface area (Å²) < 4.78 is 11.3. The molecule has 1 heterocycles. The largest absolute Gasteiger partial charge is 0.390 e. The van der Waals surface area contributed by atoms with Gasteiger partial charge in [0.05, 0.1) is 24.8 Å². The van der Waals surface area contributed by atoms with E-state index in [1.165, 1.54) is 6.92 Å². The number of amides is 1. The number of rotatable bonds is 6. The topological polar surface area (TPSA) is 193 Å². The van der Waals surface area contributed by atoms with Crippen LogP contribution in [0.2, 0.25) is 0 Å². The minimum atomic E-state index is -1.39. The Morgan fingerprint density at radius 3 is 2.67 bits per heavy atom. The summed E-state index contributed by atoms with van der Waals surface area (Å²) in [6.45, 7) is 1.19. The van der Waals surface area contributed by atoms with Crippen LogP contribution in [0.5, 0.6) is 0 Å². The van der Waals surface area contributed by atoms with Crippen LogP contribution in [0.1, 0.15) is 19.8 Å². The van der Waals surface area contributed by atoms with Crippen LogP contribution in [0.15, 0.2) is 0 Å². The lowest BCUT2D eigenvalue weighted by atomic mass is 9.85. The Labute approximate surface area is 158 Å². The molecule has 1 aliphatic heterocycles. The summed E-state index contributed by atoms with van der Waals surface area (Å²) >= 11 is 0. The predicted octanol–water partition coefficient (Wildman–Crippen LogP) is -4.29. The van der Waals surface area contributed by atoms with E-state index in [0.717, 1.165) is 0 Å². The molecule has 0 aromatic heterocycles. The second-order valence-electron chi connectivity index (χ2n) is 7.56. The minimum absolute atomic E-state index is 0.0918. The highest BCUT2D eigenvalue weighted by Crippen LogP contribution is 2.29. The third kappa shape index (κ3) is 5.13. The zero-order valence-corrected chi connectivity index (χ0v) is 15.6. The van der Waals surface area contributed by atoms with Gasteiger partial charge in [-0.15, -0.1) is 0 Å². The van der Waals surface area contributed by atoms with Crippen LogP contribution in [-0.2, 0) is 14.3 Å². The van der Waals surface area contributed by atoms with Gasteiger partial charge in [0, 0.05) is 12.6 Å². The molecule has 2 rings (SSSR count). The Kier molecular flexibility index (Phi) is 7.53. The number of ether oxygens (including phenoxy) is 2. The van der Waals surface area contributed by atoms with Gasteiger partial charge >= 0.3 is 0 Å². The van der Waals surface area contributed by atoms with Crippen molar-refractivity contribution in [2.24, 2.45) is 11.5 Å². The third-order valence-corrected chi connectivity index (χ3v) is 5.16. The van der Waals surface area contributed by atoms with E-state index in [2.05, 4.69) is 10.6 Å². The zero-order valence-electron chi connectivity index (χ0n) is 15.6. The fraction of sp³-hybridized carbons (Fsp3) is 0.938. The van der Waals surface area contributed by atoms with Gasteiger partial charge in [-0.05, 0) is 26.8 Å². The molecule has 11 heteroatoms. The molecule has 0 unspecified atom stereocenters. The van der Waals surface area contributed by atoms with Gasteiger partial charge in [-0.25, -0.2) is 0 Å². The Bertz CT molecular complexity index is 509. The smallest absolute Gasteiger partial charge is 0.250 e. The SMILES string of the molecule is CN[C@@H]1[C@@H](O)[C@@H](O[C@@H]2[C@@H](O)C[C@@H](N)C[C@H]2NC(=O)[C@@H](O)CN)OC[C@]1(C)O. The number of nitrogens with one attached hydrogen (secondary N) is 2. The van der Waals surface area contributed by atoms with Crippen LogP contribution in [0.4, 0.5) is 0 Å². The van der Waals surface area contributed by atoms with Crippen LogP contribution in [-0.4, -0.2) is 101 Å². The van der Waals surface area contributed by atoms with Crippen molar-refractivity contribution in [3.63, 3.8) is 0 Å². The maximum Gasteiger partial charge on any atom is 0.250 e. The van der Waals surface area contributed by atoms with Gasteiger partial charge in [0.15, 0.2) is 6.29 Å². The van der Waals surface area contributed by atoms with E-state index in [0.29, 0.717) is 6.42 Å². The molecule has 1 aliphatic carbocycles. The molecule has 1 saturated carbocycles. The van der Waals surface area contributed by atoms with E-state index in [1.807, 2.05) is 0 Å². The molecule has 11 nitrogen and oxygen atoms in total. The highest BCUT2D eigenvalue weighted by molar-refractivity contribution is 5.81. The molecule has 9 atom stereocenters. The highest BCUT2D eigenvalue weighted by Gasteiger charge is 2.48. The summed E-state index contributed by atoms with van der Waals surface area (Å²) in [4.78, 5) is 12.0. The number of hydrogen-bond donors (Lipinski definition) is 8. The summed E-state index contributed by atoms with van der Waals surface area (Å²) in [7, 11) is 1.59. The van der Waals surface area contributed by atoms with E-state index < -0.39 is 54.3 Å². The summed E-state index contributed by atoms with van der Waals surface area (Å²) in [5, 5.41) is 46.2. The molecule has 10 N–H and O–H groups in total. The predicted molar refractivity (Wildman–Crippen MR) is 94.3 cm³/mol. The molecule has 0 aromatic carbocycles. The van der Waals surface area contributed by atoms with E-state index in [4.69, 9.17) is 20.9 Å². The number of carbonyl (C=O) groups excluding carboxylic acids is 1. The lowest BCUT2D eigenvalue weighted by molar-refractivity contribution is -0.292. The van der Waals surface area contributed by atoms with Gasteiger partial charge in [0.25, 0.3) is 0 Å². The number of carbonyl (C=O) groups is 1. The molecule has 158 valence electrons. The van der Waals surface area contributed by atoms with Crippen LogP contribution in [0.3, 0.4) is 0 Å². The number of nitrogens with two attached hydrogens (primary N) is 2. The average molecular weight is 392 g/mol. The second-order valence-corrected chi connectivity index (χ2v) is 7.56. The van der Waals surface area contributed by atoms with Crippen molar-refractivity contribution >= 4 is 5.91 Å². The van der Waals surface area contributed by atoms with Crippen LogP contribution >= 0.6 is 0 Å². The van der Waals surface area contributed by atoms with Gasteiger partial charge in [-0.3, -0.25) is 4.79 Å². The first-order chi connectivity index (χ1) is 12.6. The summed E-state index contributed by atoms with van der Waals surface area (Å²) in [5.41, 5.74) is 9.91. The molecule has 0 radical (unpaired) electrons. The van der Waals surface area contributed by atoms with Gasteiger partial charge in [0.1, 0.15) is 23.9 Å². The summed E-state index contributed by atoms with van der Waals surface area (Å²) in [5.74, 6) is -0.696. The highest BCUT2D eigenvalue weighted by atomic mass is 16.7. The van der Waals surface area contributed by atoms with E-state index in [9.17, 15) is 25.2 Å². The molecule has 1 saturated heterocycles. The normalized spacial score (nSPS) is 43.9. The van der Waals surface area contributed by atoms with Crippen LogP contribution in [0, 0.1) is 0 Å². The first kappa shape index (κ1) is 22.4. The van der Waals surface area contributed by atoms with Crippen LogP contribution in [0.25, 0.3) is 0 Å². The standard InChI is InChI=1S/C16H32N4O7/c1-16(25)6-26-15(11(23)13(16)19-2)27-12-8(3-7(18)4-9(12)21)20-14(24)10(22)5-17/h7-13,15,19,21-23,25H,3-6,17-18H2,1-2H3,(H,20,24)/t7-,8+,9-,10-,11+,12-,13+,15+,16-/m0/s1. The molecule has 1 amide bonds. The van der Waals surface area contributed by atoms with Gasteiger partial charge < -0.3 is 52.0 Å². The minimum Gasteiger partial charge on any atom is -0.390 e. The molecule has 0 bridgehead atoms. The third-order valence-electron chi connectivity index (χ3n) is 5.16. The molecule has 0 aromatic rings. The molecule has 27 heavy (non-hydrogen) atoms. The number of aliphatic hydroxyl groups excluding tert-OH is 3. The summed E-state index contributed by atoms with van der Waals surface area (Å²) in [6.07, 6.45) is -5.11. The summed E-state index contributed by atoms with van der Waals surface area (Å²) in [6, 6.07) is -1.79. The first-order valence-corrected chi connectivity index (χ1v) is 9.07. The van der Waals surface area contributed by atoms with Gasteiger partial charge in [0.2, 0.25) is 5.91 Å². The number of hydrogen-bond acceptors (Lipinski definition) is 10.